The molecule has 0 bridgehead atoms. The van der Waals surface area contributed by atoms with Crippen LogP contribution in [0.25, 0.3) is 0 Å². The van der Waals surface area contributed by atoms with Crippen LogP contribution in [-0.2, 0) is 11.2 Å². The average Bonchev–Trinajstić information content (AvgIpc) is 2.77. The molecule has 1 aromatic rings. The van der Waals surface area contributed by atoms with Gasteiger partial charge in [0, 0.05) is 37.3 Å². The number of aromatic nitrogens is 1. The van der Waals surface area contributed by atoms with Crippen molar-refractivity contribution in [3.63, 3.8) is 0 Å². The zero-order valence-corrected chi connectivity index (χ0v) is 11.1. The predicted molar refractivity (Wildman–Crippen MR) is 69.0 cm³/mol. The Hall–Kier alpha value is -0.450. The standard InChI is InChI=1S/C12H22N2OS/c1-3-7-15-8-5-11(13-4-2)10-12-14-6-9-16-12/h6,9,11,13H,3-5,7-8,10H2,1-2H3. The van der Waals surface area contributed by atoms with E-state index in [4.69, 9.17) is 4.74 Å². The molecule has 0 radical (unpaired) electrons. The molecule has 4 heteroatoms. The summed E-state index contributed by atoms with van der Waals surface area (Å²) in [5, 5.41) is 6.73. The molecule has 0 saturated heterocycles. The van der Waals surface area contributed by atoms with Gasteiger partial charge >= 0.3 is 0 Å². The van der Waals surface area contributed by atoms with Crippen LogP contribution in [0.5, 0.6) is 0 Å². The van der Waals surface area contributed by atoms with Crippen molar-refractivity contribution < 1.29 is 4.74 Å². The first-order chi connectivity index (χ1) is 7.86. The number of ether oxygens (including phenoxy) is 1. The van der Waals surface area contributed by atoms with Gasteiger partial charge < -0.3 is 10.1 Å². The Morgan fingerprint density at radius 3 is 2.94 bits per heavy atom. The van der Waals surface area contributed by atoms with Crippen molar-refractivity contribution in [3.8, 4) is 0 Å². The third kappa shape index (κ3) is 5.58. The van der Waals surface area contributed by atoms with Gasteiger partial charge in [-0.3, -0.25) is 0 Å². The number of nitrogens with one attached hydrogen (secondary N) is 1. The second-order valence-corrected chi connectivity index (χ2v) is 4.76. The minimum Gasteiger partial charge on any atom is -0.381 e. The highest BCUT2D eigenvalue weighted by Gasteiger charge is 2.09. The van der Waals surface area contributed by atoms with Crippen LogP contribution in [0.1, 0.15) is 31.7 Å². The fourth-order valence-electron chi connectivity index (χ4n) is 1.60. The summed E-state index contributed by atoms with van der Waals surface area (Å²) < 4.78 is 5.52. The third-order valence-electron chi connectivity index (χ3n) is 2.36. The summed E-state index contributed by atoms with van der Waals surface area (Å²) in [6, 6.07) is 0.494. The molecule has 1 aromatic heterocycles. The average molecular weight is 242 g/mol. The Labute approximate surface area is 102 Å². The molecule has 16 heavy (non-hydrogen) atoms. The van der Waals surface area contributed by atoms with E-state index in [0.717, 1.165) is 39.0 Å². The molecular weight excluding hydrogens is 220 g/mol. The van der Waals surface area contributed by atoms with Gasteiger partial charge in [-0.2, -0.15) is 0 Å². The van der Waals surface area contributed by atoms with Gasteiger partial charge in [0.15, 0.2) is 0 Å². The van der Waals surface area contributed by atoms with Crippen molar-refractivity contribution in [1.82, 2.24) is 10.3 Å². The molecule has 92 valence electrons. The summed E-state index contributed by atoms with van der Waals surface area (Å²) in [5.41, 5.74) is 0. The monoisotopic (exact) mass is 242 g/mol. The highest BCUT2D eigenvalue weighted by Crippen LogP contribution is 2.09. The highest BCUT2D eigenvalue weighted by atomic mass is 32.1. The van der Waals surface area contributed by atoms with Crippen LogP contribution in [-0.4, -0.2) is 30.8 Å². The molecule has 1 rings (SSSR count). The number of thiazole rings is 1. The second-order valence-electron chi connectivity index (χ2n) is 3.79. The number of nitrogens with zero attached hydrogens (tertiary/aromatic N) is 1. The first-order valence-corrected chi connectivity index (χ1v) is 6.94. The van der Waals surface area contributed by atoms with Gasteiger partial charge in [-0.05, 0) is 19.4 Å². The fraction of sp³-hybridized carbons (Fsp3) is 0.750. The Morgan fingerprint density at radius 1 is 1.44 bits per heavy atom. The van der Waals surface area contributed by atoms with Gasteiger partial charge in [-0.1, -0.05) is 13.8 Å². The molecule has 1 unspecified atom stereocenters. The summed E-state index contributed by atoms with van der Waals surface area (Å²) in [6.07, 6.45) is 5.04. The lowest BCUT2D eigenvalue weighted by Crippen LogP contribution is -2.32. The van der Waals surface area contributed by atoms with E-state index in [1.165, 1.54) is 5.01 Å². The van der Waals surface area contributed by atoms with E-state index in [0.29, 0.717) is 6.04 Å². The summed E-state index contributed by atoms with van der Waals surface area (Å²) >= 11 is 1.73. The maximum Gasteiger partial charge on any atom is 0.0940 e. The molecule has 0 aromatic carbocycles. The Kier molecular flexibility index (Phi) is 7.38. The molecule has 3 nitrogen and oxygen atoms in total. The minimum absolute atomic E-state index is 0.494. The predicted octanol–water partition coefficient (Wildman–Crippen LogP) is 2.48. The van der Waals surface area contributed by atoms with Gasteiger partial charge in [0.05, 0.1) is 5.01 Å². The Balaban J connectivity index is 2.24. The van der Waals surface area contributed by atoms with Crippen LogP contribution in [0.4, 0.5) is 0 Å². The van der Waals surface area contributed by atoms with Crippen LogP contribution in [0, 0.1) is 0 Å². The van der Waals surface area contributed by atoms with Crippen molar-refractivity contribution in [2.45, 2.75) is 39.2 Å². The lowest BCUT2D eigenvalue weighted by Gasteiger charge is -2.16. The molecule has 0 aliphatic carbocycles. The fourth-order valence-corrected chi connectivity index (χ4v) is 2.30. The first-order valence-electron chi connectivity index (χ1n) is 6.06. The summed E-state index contributed by atoms with van der Waals surface area (Å²) in [4.78, 5) is 4.32. The molecule has 0 aliphatic rings. The second kappa shape index (κ2) is 8.67. The third-order valence-corrected chi connectivity index (χ3v) is 3.16. The maximum absolute atomic E-state index is 5.52. The smallest absolute Gasteiger partial charge is 0.0940 e. The van der Waals surface area contributed by atoms with Crippen molar-refractivity contribution in [1.29, 1.82) is 0 Å². The van der Waals surface area contributed by atoms with E-state index >= 15 is 0 Å². The van der Waals surface area contributed by atoms with Crippen molar-refractivity contribution >= 4 is 11.3 Å². The van der Waals surface area contributed by atoms with Crippen LogP contribution >= 0.6 is 11.3 Å². The maximum atomic E-state index is 5.52. The van der Waals surface area contributed by atoms with Crippen molar-refractivity contribution in [2.75, 3.05) is 19.8 Å². The summed E-state index contributed by atoms with van der Waals surface area (Å²) in [7, 11) is 0. The van der Waals surface area contributed by atoms with Gasteiger partial charge in [0.2, 0.25) is 0 Å². The topological polar surface area (TPSA) is 34.1 Å². The molecular formula is C12H22N2OS. The molecule has 0 saturated carbocycles. The van der Waals surface area contributed by atoms with E-state index in [1.54, 1.807) is 11.3 Å². The molecule has 0 aliphatic heterocycles. The van der Waals surface area contributed by atoms with Crippen LogP contribution in [0.2, 0.25) is 0 Å². The molecule has 1 N–H and O–H groups in total. The van der Waals surface area contributed by atoms with E-state index < -0.39 is 0 Å². The zero-order valence-electron chi connectivity index (χ0n) is 10.2. The summed E-state index contributed by atoms with van der Waals surface area (Å²) in [5.74, 6) is 0. The van der Waals surface area contributed by atoms with E-state index in [2.05, 4.69) is 24.1 Å². The Bertz CT molecular complexity index is 252. The Morgan fingerprint density at radius 2 is 2.31 bits per heavy atom. The normalized spacial score (nSPS) is 12.9. The highest BCUT2D eigenvalue weighted by molar-refractivity contribution is 7.09. The number of rotatable bonds is 9. The van der Waals surface area contributed by atoms with E-state index in [-0.39, 0.29) is 0 Å². The van der Waals surface area contributed by atoms with Gasteiger partial charge in [-0.15, -0.1) is 11.3 Å². The number of likely N-dealkylation sites (N-methyl/N-ethyl adjacent to an activating group) is 1. The van der Waals surface area contributed by atoms with Gasteiger partial charge in [0.1, 0.15) is 0 Å². The van der Waals surface area contributed by atoms with Crippen LogP contribution in [0.15, 0.2) is 11.6 Å². The van der Waals surface area contributed by atoms with Crippen molar-refractivity contribution in [2.24, 2.45) is 0 Å². The quantitative estimate of drug-likeness (QED) is 0.676. The van der Waals surface area contributed by atoms with E-state index in [9.17, 15) is 0 Å². The van der Waals surface area contributed by atoms with Crippen LogP contribution < -0.4 is 5.32 Å². The lowest BCUT2D eigenvalue weighted by molar-refractivity contribution is 0.124. The molecule has 0 spiro atoms. The summed E-state index contributed by atoms with van der Waals surface area (Å²) in [6.45, 7) is 7.00. The SMILES string of the molecule is CCCOCCC(Cc1nccs1)NCC. The molecule has 0 amide bonds. The largest absolute Gasteiger partial charge is 0.381 e. The van der Waals surface area contributed by atoms with Crippen LogP contribution in [0.3, 0.4) is 0 Å². The zero-order chi connectivity index (χ0) is 11.6. The van der Waals surface area contributed by atoms with Crippen molar-refractivity contribution in [3.05, 3.63) is 16.6 Å². The number of hydrogen-bond acceptors (Lipinski definition) is 4. The lowest BCUT2D eigenvalue weighted by atomic mass is 10.1. The van der Waals surface area contributed by atoms with Gasteiger partial charge in [-0.25, -0.2) is 4.98 Å². The number of hydrogen-bond donors (Lipinski definition) is 1. The molecule has 0 fully saturated rings. The molecule has 1 heterocycles. The van der Waals surface area contributed by atoms with E-state index in [1.807, 2.05) is 11.6 Å². The van der Waals surface area contributed by atoms with Gasteiger partial charge in [0.25, 0.3) is 0 Å². The first kappa shape index (κ1) is 13.6. The molecule has 1 atom stereocenters. The minimum atomic E-state index is 0.494.